The van der Waals surface area contributed by atoms with Crippen LogP contribution in [-0.2, 0) is 0 Å². The van der Waals surface area contributed by atoms with E-state index in [0.29, 0.717) is 0 Å². The third-order valence-corrected chi connectivity index (χ3v) is 3.10. The second kappa shape index (κ2) is 3.31. The molecule has 1 aliphatic carbocycles. The first-order valence-electron chi connectivity index (χ1n) is 4.65. The van der Waals surface area contributed by atoms with Crippen molar-refractivity contribution >= 4 is 0 Å². The summed E-state index contributed by atoms with van der Waals surface area (Å²) in [5, 5.41) is 17.6. The molecule has 0 saturated heterocycles. The second-order valence-electron chi connectivity index (χ2n) is 4.23. The van der Waals surface area contributed by atoms with Crippen LogP contribution in [0, 0.1) is 28.1 Å². The van der Waals surface area contributed by atoms with Crippen LogP contribution in [0.15, 0.2) is 22.3 Å². The molecule has 0 heterocycles. The molecular weight excluding hydrogens is 172 g/mol. The van der Waals surface area contributed by atoms with Gasteiger partial charge in [0.2, 0.25) is 0 Å². The second-order valence-corrected chi connectivity index (χ2v) is 4.23. The average Bonchev–Trinajstić information content (AvgIpc) is 2.15. The minimum absolute atomic E-state index is 0.0837. The average molecular weight is 186 g/mol. The number of allylic oxidation sites excluding steroid dienone is 4. The van der Waals surface area contributed by atoms with E-state index in [0.717, 1.165) is 17.6 Å². The highest BCUT2D eigenvalue weighted by Crippen LogP contribution is 2.52. The van der Waals surface area contributed by atoms with Gasteiger partial charge in [0.1, 0.15) is 0 Å². The highest BCUT2D eigenvalue weighted by Gasteiger charge is 2.40. The fraction of sp³-hybridized carbons (Fsp3) is 0.500. The maximum absolute atomic E-state index is 8.80. The van der Waals surface area contributed by atoms with Gasteiger partial charge >= 0.3 is 0 Å². The van der Waals surface area contributed by atoms with Crippen LogP contribution in [-0.4, -0.2) is 0 Å². The Morgan fingerprint density at radius 3 is 1.64 bits per heavy atom. The molecule has 1 fully saturated rings. The highest BCUT2D eigenvalue weighted by molar-refractivity contribution is 5.51. The van der Waals surface area contributed by atoms with Crippen molar-refractivity contribution in [2.75, 3.05) is 0 Å². The minimum atomic E-state index is -0.0837. The van der Waals surface area contributed by atoms with Gasteiger partial charge in [0.05, 0.1) is 12.1 Å². The van der Waals surface area contributed by atoms with Crippen molar-refractivity contribution in [2.24, 2.45) is 5.41 Å². The molecule has 2 heteroatoms. The van der Waals surface area contributed by atoms with Crippen molar-refractivity contribution in [3.63, 3.8) is 0 Å². The molecule has 0 spiro atoms. The Labute approximate surface area is 85.2 Å². The SMILES string of the molecule is C/C(C#N)=C1\C/C(=C(/C)C#N)C1(C)C. The van der Waals surface area contributed by atoms with Gasteiger partial charge in [-0.3, -0.25) is 0 Å². The Morgan fingerprint density at radius 2 is 1.43 bits per heavy atom. The maximum atomic E-state index is 8.80. The molecule has 1 saturated carbocycles. The summed E-state index contributed by atoms with van der Waals surface area (Å²) in [6.07, 6.45) is 0.797. The standard InChI is InChI=1S/C12H14N2/c1-8(6-13)10-5-11(9(2)7-14)12(10,3)4/h5H2,1-4H3/b10-8-,11-9+. The molecule has 0 radical (unpaired) electrons. The Hall–Kier alpha value is -1.54. The summed E-state index contributed by atoms with van der Waals surface area (Å²) in [6, 6.07) is 4.35. The topological polar surface area (TPSA) is 47.6 Å². The molecule has 14 heavy (non-hydrogen) atoms. The van der Waals surface area contributed by atoms with E-state index in [-0.39, 0.29) is 5.41 Å². The zero-order chi connectivity index (χ0) is 10.9. The lowest BCUT2D eigenvalue weighted by Gasteiger charge is -2.43. The van der Waals surface area contributed by atoms with E-state index in [1.165, 1.54) is 11.1 Å². The third-order valence-electron chi connectivity index (χ3n) is 3.10. The van der Waals surface area contributed by atoms with Gasteiger partial charge in [-0.15, -0.1) is 0 Å². The zero-order valence-electron chi connectivity index (χ0n) is 9.10. The molecule has 0 aliphatic heterocycles. The van der Waals surface area contributed by atoms with Crippen molar-refractivity contribution in [1.29, 1.82) is 10.5 Å². The minimum Gasteiger partial charge on any atom is -0.193 e. The van der Waals surface area contributed by atoms with Gasteiger partial charge in [-0.2, -0.15) is 10.5 Å². The van der Waals surface area contributed by atoms with E-state index in [1.54, 1.807) is 0 Å². The summed E-state index contributed by atoms with van der Waals surface area (Å²) in [5.41, 5.74) is 3.85. The fourth-order valence-corrected chi connectivity index (χ4v) is 2.03. The van der Waals surface area contributed by atoms with Crippen LogP contribution in [0.1, 0.15) is 34.1 Å². The van der Waals surface area contributed by atoms with E-state index in [1.807, 2.05) is 13.8 Å². The molecular formula is C12H14N2. The van der Waals surface area contributed by atoms with E-state index in [2.05, 4.69) is 26.0 Å². The van der Waals surface area contributed by atoms with Gasteiger partial charge in [-0.25, -0.2) is 0 Å². The molecule has 0 N–H and O–H groups in total. The molecule has 2 nitrogen and oxygen atoms in total. The summed E-state index contributed by atoms with van der Waals surface area (Å²) in [4.78, 5) is 0. The van der Waals surface area contributed by atoms with Crippen molar-refractivity contribution in [3.8, 4) is 12.1 Å². The van der Waals surface area contributed by atoms with Gasteiger partial charge in [-0.1, -0.05) is 13.8 Å². The smallest absolute Gasteiger partial charge is 0.0944 e. The lowest BCUT2D eigenvalue weighted by molar-refractivity contribution is 0.425. The van der Waals surface area contributed by atoms with Gasteiger partial charge in [0.15, 0.2) is 0 Å². The van der Waals surface area contributed by atoms with Gasteiger partial charge in [0, 0.05) is 16.6 Å². The first-order chi connectivity index (χ1) is 6.45. The predicted octanol–water partition coefficient (Wildman–Crippen LogP) is 3.10. The first-order valence-corrected chi connectivity index (χ1v) is 4.65. The van der Waals surface area contributed by atoms with E-state index in [9.17, 15) is 0 Å². The lowest BCUT2D eigenvalue weighted by Crippen LogP contribution is -2.31. The van der Waals surface area contributed by atoms with Crippen molar-refractivity contribution < 1.29 is 0 Å². The summed E-state index contributed by atoms with van der Waals surface area (Å²) in [6.45, 7) is 7.83. The molecule has 0 amide bonds. The summed E-state index contributed by atoms with van der Waals surface area (Å²) in [5.74, 6) is 0. The van der Waals surface area contributed by atoms with Crippen LogP contribution < -0.4 is 0 Å². The van der Waals surface area contributed by atoms with E-state index in [4.69, 9.17) is 10.5 Å². The summed E-state index contributed by atoms with van der Waals surface area (Å²) in [7, 11) is 0. The number of nitrogens with zero attached hydrogens (tertiary/aromatic N) is 2. The fourth-order valence-electron chi connectivity index (χ4n) is 2.03. The first kappa shape index (κ1) is 10.5. The normalized spacial score (nSPS) is 25.6. The Balaban J connectivity index is 3.16. The molecule has 0 aromatic carbocycles. The molecule has 0 unspecified atom stereocenters. The van der Waals surface area contributed by atoms with Crippen LogP contribution in [0.3, 0.4) is 0 Å². The lowest BCUT2D eigenvalue weighted by atomic mass is 9.60. The highest BCUT2D eigenvalue weighted by atomic mass is 14.4. The van der Waals surface area contributed by atoms with Gasteiger partial charge in [0.25, 0.3) is 0 Å². The monoisotopic (exact) mass is 186 g/mol. The predicted molar refractivity (Wildman–Crippen MR) is 55.0 cm³/mol. The molecule has 1 aliphatic rings. The van der Waals surface area contributed by atoms with Crippen LogP contribution in [0.4, 0.5) is 0 Å². The molecule has 0 bridgehead atoms. The number of hydrogen-bond donors (Lipinski definition) is 0. The maximum Gasteiger partial charge on any atom is 0.0944 e. The Morgan fingerprint density at radius 1 is 1.07 bits per heavy atom. The van der Waals surface area contributed by atoms with Crippen molar-refractivity contribution in [1.82, 2.24) is 0 Å². The van der Waals surface area contributed by atoms with Crippen LogP contribution >= 0.6 is 0 Å². The molecule has 0 atom stereocenters. The van der Waals surface area contributed by atoms with Crippen molar-refractivity contribution in [3.05, 3.63) is 22.3 Å². The van der Waals surface area contributed by atoms with Crippen molar-refractivity contribution in [2.45, 2.75) is 34.1 Å². The zero-order valence-corrected chi connectivity index (χ0v) is 9.10. The molecule has 72 valence electrons. The molecule has 0 aromatic rings. The van der Waals surface area contributed by atoms with Gasteiger partial charge < -0.3 is 0 Å². The number of rotatable bonds is 0. The third kappa shape index (κ3) is 1.34. The van der Waals surface area contributed by atoms with Crippen LogP contribution in [0.5, 0.6) is 0 Å². The number of hydrogen-bond acceptors (Lipinski definition) is 2. The van der Waals surface area contributed by atoms with E-state index < -0.39 is 0 Å². The molecule has 1 rings (SSSR count). The Bertz CT molecular complexity index is 371. The summed E-state index contributed by atoms with van der Waals surface area (Å²) >= 11 is 0. The quantitative estimate of drug-likeness (QED) is 0.546. The molecule has 0 aromatic heterocycles. The number of nitriles is 2. The van der Waals surface area contributed by atoms with Crippen LogP contribution in [0.25, 0.3) is 0 Å². The largest absolute Gasteiger partial charge is 0.193 e. The Kier molecular flexibility index (Phi) is 2.49. The van der Waals surface area contributed by atoms with Crippen LogP contribution in [0.2, 0.25) is 0 Å². The van der Waals surface area contributed by atoms with E-state index >= 15 is 0 Å². The summed E-state index contributed by atoms with van der Waals surface area (Å²) < 4.78 is 0. The van der Waals surface area contributed by atoms with Gasteiger partial charge in [-0.05, 0) is 31.4 Å².